The molecular formula is C14H18FN3O. The minimum Gasteiger partial charge on any atom is -0.505 e. The minimum absolute atomic E-state index is 0.118. The Morgan fingerprint density at radius 3 is 2.74 bits per heavy atom. The SMILES string of the molecule is CC[C@@H](c1c(C#N)ccc(F)c1O)N1CCNCC1. The number of aromatic hydroxyl groups is 1. The van der Waals surface area contributed by atoms with Crippen LogP contribution in [0.25, 0.3) is 0 Å². The second-order valence-electron chi connectivity index (χ2n) is 4.68. The van der Waals surface area contributed by atoms with Gasteiger partial charge < -0.3 is 10.4 Å². The van der Waals surface area contributed by atoms with Gasteiger partial charge in [0, 0.05) is 37.8 Å². The Hall–Kier alpha value is -1.64. The zero-order valence-corrected chi connectivity index (χ0v) is 11.0. The van der Waals surface area contributed by atoms with Gasteiger partial charge in [-0.3, -0.25) is 4.90 Å². The highest BCUT2D eigenvalue weighted by Gasteiger charge is 2.26. The Balaban J connectivity index is 2.42. The fraction of sp³-hybridized carbons (Fsp3) is 0.500. The summed E-state index contributed by atoms with van der Waals surface area (Å²) in [6, 6.07) is 4.51. The molecule has 0 unspecified atom stereocenters. The molecule has 0 spiro atoms. The molecular weight excluding hydrogens is 245 g/mol. The second-order valence-corrected chi connectivity index (χ2v) is 4.68. The number of phenols is 1. The normalized spacial score (nSPS) is 17.9. The van der Waals surface area contributed by atoms with E-state index < -0.39 is 5.82 Å². The van der Waals surface area contributed by atoms with E-state index in [1.165, 1.54) is 6.07 Å². The number of nitrogens with zero attached hydrogens (tertiary/aromatic N) is 2. The van der Waals surface area contributed by atoms with Gasteiger partial charge in [-0.1, -0.05) is 6.92 Å². The summed E-state index contributed by atoms with van der Waals surface area (Å²) in [6.45, 7) is 5.39. The fourth-order valence-corrected chi connectivity index (χ4v) is 2.65. The third-order valence-electron chi connectivity index (χ3n) is 3.60. The van der Waals surface area contributed by atoms with Crippen LogP contribution < -0.4 is 5.32 Å². The van der Waals surface area contributed by atoms with E-state index in [2.05, 4.69) is 10.2 Å². The molecule has 0 amide bonds. The minimum atomic E-state index is -0.664. The first-order valence-electron chi connectivity index (χ1n) is 6.55. The largest absolute Gasteiger partial charge is 0.505 e. The fourth-order valence-electron chi connectivity index (χ4n) is 2.65. The second kappa shape index (κ2) is 6.00. The van der Waals surface area contributed by atoms with Gasteiger partial charge in [-0.25, -0.2) is 4.39 Å². The van der Waals surface area contributed by atoms with Crippen molar-refractivity contribution >= 4 is 0 Å². The van der Waals surface area contributed by atoms with Crippen LogP contribution in [0.2, 0.25) is 0 Å². The lowest BCUT2D eigenvalue weighted by Gasteiger charge is -2.35. The monoisotopic (exact) mass is 263 g/mol. The lowest BCUT2D eigenvalue weighted by Crippen LogP contribution is -2.45. The van der Waals surface area contributed by atoms with E-state index in [9.17, 15) is 9.50 Å². The van der Waals surface area contributed by atoms with Crippen LogP contribution >= 0.6 is 0 Å². The number of nitrogens with one attached hydrogen (secondary N) is 1. The van der Waals surface area contributed by atoms with Gasteiger partial charge >= 0.3 is 0 Å². The maximum Gasteiger partial charge on any atom is 0.165 e. The summed E-state index contributed by atoms with van der Waals surface area (Å²) in [5.74, 6) is -1.05. The maximum atomic E-state index is 13.6. The summed E-state index contributed by atoms with van der Waals surface area (Å²) in [6.07, 6.45) is 0.728. The molecule has 0 radical (unpaired) electrons. The number of benzene rings is 1. The molecule has 1 saturated heterocycles. The number of piperazine rings is 1. The summed E-state index contributed by atoms with van der Waals surface area (Å²) in [4.78, 5) is 2.19. The molecule has 1 aliphatic rings. The predicted octanol–water partition coefficient (Wildman–Crippen LogP) is 1.76. The van der Waals surface area contributed by atoms with Crippen LogP contribution in [0.4, 0.5) is 4.39 Å². The van der Waals surface area contributed by atoms with Crippen LogP contribution in [-0.2, 0) is 0 Å². The standard InChI is InChI=1S/C14H18FN3O/c1-2-12(18-7-5-17-6-8-18)13-10(9-16)3-4-11(15)14(13)19/h3-4,12,17,19H,2,5-8H2,1H3/t12-/m0/s1. The van der Waals surface area contributed by atoms with Gasteiger partial charge in [0.2, 0.25) is 0 Å². The first-order valence-corrected chi connectivity index (χ1v) is 6.55. The van der Waals surface area contributed by atoms with Crippen LogP contribution in [0.3, 0.4) is 0 Å². The summed E-state index contributed by atoms with van der Waals surface area (Å²) in [5.41, 5.74) is 0.774. The van der Waals surface area contributed by atoms with E-state index in [1.54, 1.807) is 0 Å². The smallest absolute Gasteiger partial charge is 0.165 e. The number of rotatable bonds is 3. The maximum absolute atomic E-state index is 13.6. The number of hydrogen-bond donors (Lipinski definition) is 2. The number of phenolic OH excluding ortho intramolecular Hbond substituents is 1. The van der Waals surface area contributed by atoms with Gasteiger partial charge in [0.05, 0.1) is 11.6 Å². The van der Waals surface area contributed by atoms with Gasteiger partial charge in [-0.15, -0.1) is 0 Å². The van der Waals surface area contributed by atoms with Crippen LogP contribution in [0.5, 0.6) is 5.75 Å². The molecule has 0 aromatic heterocycles. The van der Waals surface area contributed by atoms with Gasteiger partial charge in [-0.05, 0) is 18.6 Å². The van der Waals surface area contributed by atoms with E-state index in [0.29, 0.717) is 11.1 Å². The van der Waals surface area contributed by atoms with Crippen LogP contribution in [-0.4, -0.2) is 36.2 Å². The molecule has 0 saturated carbocycles. The predicted molar refractivity (Wildman–Crippen MR) is 70.3 cm³/mol. The molecule has 1 heterocycles. The summed E-state index contributed by atoms with van der Waals surface area (Å²) in [7, 11) is 0. The number of nitriles is 1. The van der Waals surface area contributed by atoms with Crippen LogP contribution in [0.15, 0.2) is 12.1 Å². The topological polar surface area (TPSA) is 59.3 Å². The molecule has 1 aromatic carbocycles. The van der Waals surface area contributed by atoms with Crippen LogP contribution in [0.1, 0.15) is 30.5 Å². The highest BCUT2D eigenvalue weighted by molar-refractivity contribution is 5.48. The lowest BCUT2D eigenvalue weighted by molar-refractivity contribution is 0.166. The molecule has 4 nitrogen and oxygen atoms in total. The Labute approximate surface area is 112 Å². The summed E-state index contributed by atoms with van der Waals surface area (Å²) >= 11 is 0. The van der Waals surface area contributed by atoms with Gasteiger partial charge in [0.1, 0.15) is 0 Å². The molecule has 1 aliphatic heterocycles. The van der Waals surface area contributed by atoms with E-state index in [1.807, 2.05) is 13.0 Å². The van der Waals surface area contributed by atoms with Gasteiger partial charge in [-0.2, -0.15) is 5.26 Å². The molecule has 1 fully saturated rings. The Kier molecular flexibility index (Phi) is 4.35. The van der Waals surface area contributed by atoms with E-state index in [4.69, 9.17) is 5.26 Å². The molecule has 19 heavy (non-hydrogen) atoms. The van der Waals surface area contributed by atoms with E-state index in [-0.39, 0.29) is 11.8 Å². The molecule has 5 heteroatoms. The molecule has 102 valence electrons. The van der Waals surface area contributed by atoms with Crippen LogP contribution in [0, 0.1) is 17.1 Å². The van der Waals surface area contributed by atoms with E-state index >= 15 is 0 Å². The lowest BCUT2D eigenvalue weighted by atomic mass is 9.95. The highest BCUT2D eigenvalue weighted by Crippen LogP contribution is 2.35. The number of hydrogen-bond acceptors (Lipinski definition) is 4. The first kappa shape index (κ1) is 13.8. The molecule has 1 aromatic rings. The third-order valence-corrected chi connectivity index (χ3v) is 3.60. The van der Waals surface area contributed by atoms with Crippen molar-refractivity contribution in [3.8, 4) is 11.8 Å². The van der Waals surface area contributed by atoms with Gasteiger partial charge in [0.25, 0.3) is 0 Å². The third kappa shape index (κ3) is 2.70. The average molecular weight is 263 g/mol. The summed E-state index contributed by atoms with van der Waals surface area (Å²) in [5, 5.41) is 22.4. The molecule has 0 bridgehead atoms. The van der Waals surface area contributed by atoms with E-state index in [0.717, 1.165) is 38.7 Å². The van der Waals surface area contributed by atoms with Crippen molar-refractivity contribution in [1.82, 2.24) is 10.2 Å². The van der Waals surface area contributed by atoms with Crippen molar-refractivity contribution in [3.05, 3.63) is 29.1 Å². The first-order chi connectivity index (χ1) is 9.19. The van der Waals surface area contributed by atoms with Crippen molar-refractivity contribution in [2.24, 2.45) is 0 Å². The van der Waals surface area contributed by atoms with Gasteiger partial charge in [0.15, 0.2) is 11.6 Å². The van der Waals surface area contributed by atoms with Crippen molar-refractivity contribution in [1.29, 1.82) is 5.26 Å². The Morgan fingerprint density at radius 2 is 2.16 bits per heavy atom. The molecule has 2 N–H and O–H groups in total. The zero-order valence-electron chi connectivity index (χ0n) is 11.0. The van der Waals surface area contributed by atoms with Crippen molar-refractivity contribution in [2.45, 2.75) is 19.4 Å². The van der Waals surface area contributed by atoms with Crippen molar-refractivity contribution in [3.63, 3.8) is 0 Å². The Morgan fingerprint density at radius 1 is 1.47 bits per heavy atom. The molecule has 1 atom stereocenters. The quantitative estimate of drug-likeness (QED) is 0.872. The zero-order chi connectivity index (χ0) is 13.8. The number of halogens is 1. The highest BCUT2D eigenvalue weighted by atomic mass is 19.1. The summed E-state index contributed by atoms with van der Waals surface area (Å²) < 4.78 is 13.6. The molecule has 2 rings (SSSR count). The van der Waals surface area contributed by atoms with Crippen molar-refractivity contribution < 1.29 is 9.50 Å². The Bertz CT molecular complexity index is 492. The average Bonchev–Trinajstić information content (AvgIpc) is 2.45. The molecule has 0 aliphatic carbocycles. The van der Waals surface area contributed by atoms with Crippen molar-refractivity contribution in [2.75, 3.05) is 26.2 Å².